The molecule has 3 rings (SSSR count). The molecule has 2 saturated heterocycles. The van der Waals surface area contributed by atoms with Crippen molar-refractivity contribution in [3.63, 3.8) is 0 Å². The monoisotopic (exact) mass is 337 g/mol. The molecule has 0 bridgehead atoms. The van der Waals surface area contributed by atoms with Gasteiger partial charge in [0.25, 0.3) is 5.91 Å². The molecule has 3 heterocycles. The molecule has 1 N–H and O–H groups in total. The molecule has 0 radical (unpaired) electrons. The first-order valence-electron chi connectivity index (χ1n) is 8.13. The minimum Gasteiger partial charge on any atom is -0.347 e. The fraction of sp³-hybridized carbons (Fsp3) is 0.625. The molecule has 7 heteroatoms. The summed E-state index contributed by atoms with van der Waals surface area (Å²) >= 11 is 0. The highest BCUT2D eigenvalue weighted by molar-refractivity contribution is 7.91. The van der Waals surface area contributed by atoms with Crippen molar-refractivity contribution in [3.8, 4) is 0 Å². The molecule has 0 aromatic carbocycles. The van der Waals surface area contributed by atoms with Gasteiger partial charge in [-0.05, 0) is 45.0 Å². The number of pyridine rings is 1. The van der Waals surface area contributed by atoms with E-state index in [0.29, 0.717) is 5.56 Å². The standard InChI is InChI=1S/C16H23N3O3S/c1-12-5-6-13(9-17-12)16(20)18-14-10-23(21,22)11-15(14)19-7-3-2-4-8-19/h5-6,9,14-15H,2-4,7-8,10-11H2,1H3,(H,18,20)/t14-,15-/m0/s1. The van der Waals surface area contributed by atoms with Crippen LogP contribution in [-0.2, 0) is 9.84 Å². The molecule has 2 aliphatic rings. The molecule has 2 fully saturated rings. The zero-order chi connectivity index (χ0) is 16.4. The van der Waals surface area contributed by atoms with Gasteiger partial charge in [0, 0.05) is 17.9 Å². The van der Waals surface area contributed by atoms with Crippen molar-refractivity contribution in [1.29, 1.82) is 0 Å². The lowest BCUT2D eigenvalue weighted by Gasteiger charge is -2.35. The Morgan fingerprint density at radius 3 is 2.61 bits per heavy atom. The summed E-state index contributed by atoms with van der Waals surface area (Å²) in [5, 5.41) is 2.92. The largest absolute Gasteiger partial charge is 0.347 e. The number of sulfone groups is 1. The van der Waals surface area contributed by atoms with Crippen LogP contribution in [0.3, 0.4) is 0 Å². The van der Waals surface area contributed by atoms with Crippen LogP contribution in [0.5, 0.6) is 0 Å². The van der Waals surface area contributed by atoms with Gasteiger partial charge >= 0.3 is 0 Å². The zero-order valence-electron chi connectivity index (χ0n) is 13.4. The summed E-state index contributed by atoms with van der Waals surface area (Å²) in [6, 6.07) is 3.05. The number of nitrogens with zero attached hydrogens (tertiary/aromatic N) is 2. The molecule has 0 aliphatic carbocycles. The van der Waals surface area contributed by atoms with Gasteiger partial charge < -0.3 is 5.32 Å². The van der Waals surface area contributed by atoms with Gasteiger partial charge in [-0.15, -0.1) is 0 Å². The number of carbonyl (C=O) groups is 1. The Morgan fingerprint density at radius 1 is 1.22 bits per heavy atom. The number of hydrogen-bond acceptors (Lipinski definition) is 5. The van der Waals surface area contributed by atoms with Gasteiger partial charge in [-0.1, -0.05) is 6.42 Å². The fourth-order valence-electron chi connectivity index (χ4n) is 3.43. The lowest BCUT2D eigenvalue weighted by molar-refractivity contribution is 0.0899. The Bertz CT molecular complexity index is 666. The van der Waals surface area contributed by atoms with E-state index in [2.05, 4.69) is 15.2 Å². The van der Waals surface area contributed by atoms with E-state index in [9.17, 15) is 13.2 Å². The molecule has 23 heavy (non-hydrogen) atoms. The normalized spacial score (nSPS) is 27.7. The van der Waals surface area contributed by atoms with Crippen LogP contribution >= 0.6 is 0 Å². The summed E-state index contributed by atoms with van der Waals surface area (Å²) in [7, 11) is -3.10. The van der Waals surface area contributed by atoms with Gasteiger partial charge in [0.05, 0.1) is 23.1 Å². The van der Waals surface area contributed by atoms with E-state index in [1.807, 2.05) is 6.92 Å². The molecule has 0 unspecified atom stereocenters. The van der Waals surface area contributed by atoms with Gasteiger partial charge in [0.2, 0.25) is 0 Å². The van der Waals surface area contributed by atoms with Crippen molar-refractivity contribution in [1.82, 2.24) is 15.2 Å². The first-order valence-corrected chi connectivity index (χ1v) is 9.95. The minimum absolute atomic E-state index is 0.0270. The Hall–Kier alpha value is -1.47. The Balaban J connectivity index is 1.73. The molecular weight excluding hydrogens is 314 g/mol. The van der Waals surface area contributed by atoms with Gasteiger partial charge in [-0.25, -0.2) is 8.42 Å². The number of nitrogens with one attached hydrogen (secondary N) is 1. The van der Waals surface area contributed by atoms with Crippen molar-refractivity contribution in [3.05, 3.63) is 29.6 Å². The molecule has 1 aromatic heterocycles. The van der Waals surface area contributed by atoms with Crippen LogP contribution in [0.15, 0.2) is 18.3 Å². The second kappa shape index (κ2) is 6.57. The Kier molecular flexibility index (Phi) is 4.68. The van der Waals surface area contributed by atoms with Gasteiger partial charge in [-0.2, -0.15) is 0 Å². The van der Waals surface area contributed by atoms with Crippen LogP contribution in [0.4, 0.5) is 0 Å². The summed E-state index contributed by atoms with van der Waals surface area (Å²) in [6.45, 7) is 3.69. The maximum Gasteiger partial charge on any atom is 0.253 e. The molecular formula is C16H23N3O3S. The number of aryl methyl sites for hydroxylation is 1. The number of carbonyl (C=O) groups excluding carboxylic acids is 1. The quantitative estimate of drug-likeness (QED) is 0.881. The van der Waals surface area contributed by atoms with Crippen molar-refractivity contribution in [2.75, 3.05) is 24.6 Å². The van der Waals surface area contributed by atoms with E-state index < -0.39 is 9.84 Å². The van der Waals surface area contributed by atoms with Crippen LogP contribution in [-0.4, -0.2) is 60.9 Å². The molecule has 1 aromatic rings. The molecule has 126 valence electrons. The first-order chi connectivity index (χ1) is 10.9. The minimum atomic E-state index is -3.10. The highest BCUT2D eigenvalue weighted by atomic mass is 32.2. The lowest BCUT2D eigenvalue weighted by Crippen LogP contribution is -2.52. The number of hydrogen-bond donors (Lipinski definition) is 1. The Morgan fingerprint density at radius 2 is 1.96 bits per heavy atom. The first kappa shape index (κ1) is 16.4. The van der Waals surface area contributed by atoms with E-state index >= 15 is 0 Å². The lowest BCUT2D eigenvalue weighted by atomic mass is 10.0. The zero-order valence-corrected chi connectivity index (χ0v) is 14.2. The second-order valence-electron chi connectivity index (χ2n) is 6.51. The summed E-state index contributed by atoms with van der Waals surface area (Å²) in [4.78, 5) is 18.7. The van der Waals surface area contributed by atoms with E-state index in [1.165, 1.54) is 12.6 Å². The van der Waals surface area contributed by atoms with E-state index in [1.54, 1.807) is 12.1 Å². The average Bonchev–Trinajstić information content (AvgIpc) is 2.83. The maximum absolute atomic E-state index is 12.4. The highest BCUT2D eigenvalue weighted by Crippen LogP contribution is 2.22. The van der Waals surface area contributed by atoms with Crippen LogP contribution < -0.4 is 5.32 Å². The predicted molar refractivity (Wildman–Crippen MR) is 88.1 cm³/mol. The van der Waals surface area contributed by atoms with Crippen molar-refractivity contribution < 1.29 is 13.2 Å². The van der Waals surface area contributed by atoms with Gasteiger partial charge in [-0.3, -0.25) is 14.7 Å². The van der Waals surface area contributed by atoms with E-state index in [0.717, 1.165) is 31.6 Å². The number of aromatic nitrogens is 1. The van der Waals surface area contributed by atoms with Crippen molar-refractivity contribution in [2.24, 2.45) is 0 Å². The number of amides is 1. The van der Waals surface area contributed by atoms with Crippen LogP contribution in [0.25, 0.3) is 0 Å². The SMILES string of the molecule is Cc1ccc(C(=O)N[C@H]2CS(=O)(=O)C[C@@H]2N2CCCCC2)cn1. The van der Waals surface area contributed by atoms with Gasteiger partial charge in [0.1, 0.15) is 0 Å². The molecule has 6 nitrogen and oxygen atoms in total. The number of rotatable bonds is 3. The second-order valence-corrected chi connectivity index (χ2v) is 8.66. The maximum atomic E-state index is 12.4. The molecule has 2 aliphatic heterocycles. The van der Waals surface area contributed by atoms with Crippen LogP contribution in [0.1, 0.15) is 35.3 Å². The Labute approximate surface area is 137 Å². The molecule has 0 saturated carbocycles. The van der Waals surface area contributed by atoms with Crippen LogP contribution in [0.2, 0.25) is 0 Å². The summed E-state index contributed by atoms with van der Waals surface area (Å²) < 4.78 is 24.1. The smallest absolute Gasteiger partial charge is 0.253 e. The van der Waals surface area contributed by atoms with Crippen LogP contribution in [0, 0.1) is 6.92 Å². The van der Waals surface area contributed by atoms with Crippen molar-refractivity contribution >= 4 is 15.7 Å². The third kappa shape index (κ3) is 3.90. The average molecular weight is 337 g/mol. The predicted octanol–water partition coefficient (Wildman–Crippen LogP) is 0.771. The molecule has 1 amide bonds. The highest BCUT2D eigenvalue weighted by Gasteiger charge is 2.41. The van der Waals surface area contributed by atoms with E-state index in [4.69, 9.17) is 0 Å². The summed E-state index contributed by atoms with van der Waals surface area (Å²) in [5.41, 5.74) is 1.31. The number of piperidine rings is 1. The van der Waals surface area contributed by atoms with Crippen molar-refractivity contribution in [2.45, 2.75) is 38.3 Å². The van der Waals surface area contributed by atoms with Gasteiger partial charge in [0.15, 0.2) is 9.84 Å². The summed E-state index contributed by atoms with van der Waals surface area (Å²) in [5.74, 6) is -0.0786. The summed E-state index contributed by atoms with van der Waals surface area (Å²) in [6.07, 6.45) is 4.92. The fourth-order valence-corrected chi connectivity index (χ4v) is 5.38. The third-order valence-electron chi connectivity index (χ3n) is 4.67. The van der Waals surface area contributed by atoms with E-state index in [-0.39, 0.29) is 29.5 Å². The third-order valence-corrected chi connectivity index (χ3v) is 6.39. The topological polar surface area (TPSA) is 79.4 Å². The number of likely N-dealkylation sites (tertiary alicyclic amines) is 1. The molecule has 0 spiro atoms. The molecule has 2 atom stereocenters.